The molecule has 0 bridgehead atoms. The molecule has 0 amide bonds. The summed E-state index contributed by atoms with van der Waals surface area (Å²) in [6.07, 6.45) is 0.873. The van der Waals surface area contributed by atoms with E-state index in [1.54, 1.807) is 7.11 Å². The Balaban J connectivity index is 2.37. The Labute approximate surface area is 144 Å². The highest BCUT2D eigenvalue weighted by molar-refractivity contribution is 6.30. The maximum Gasteiger partial charge on any atom is 0.122 e. The average molecular weight is 332 g/mol. The van der Waals surface area contributed by atoms with Gasteiger partial charge in [0.15, 0.2) is 0 Å². The van der Waals surface area contributed by atoms with Gasteiger partial charge in [-0.25, -0.2) is 0 Å². The molecular weight excluding hydrogens is 306 g/mol. The van der Waals surface area contributed by atoms with Gasteiger partial charge in [0.05, 0.1) is 7.11 Å². The van der Waals surface area contributed by atoms with Crippen molar-refractivity contribution < 1.29 is 4.74 Å². The second-order valence-electron chi connectivity index (χ2n) is 6.97. The van der Waals surface area contributed by atoms with Crippen molar-refractivity contribution in [1.82, 2.24) is 0 Å². The number of halogens is 1. The Morgan fingerprint density at radius 1 is 1.09 bits per heavy atom. The van der Waals surface area contributed by atoms with E-state index in [1.165, 1.54) is 16.7 Å². The highest BCUT2D eigenvalue weighted by atomic mass is 35.5. The van der Waals surface area contributed by atoms with Crippen LogP contribution >= 0.6 is 11.6 Å². The Bertz CT molecular complexity index is 644. The third-order valence-corrected chi connectivity index (χ3v) is 4.47. The molecule has 1 unspecified atom stereocenters. The summed E-state index contributed by atoms with van der Waals surface area (Å²) in [4.78, 5) is 0. The minimum Gasteiger partial charge on any atom is -0.496 e. The lowest BCUT2D eigenvalue weighted by Crippen LogP contribution is -2.18. The molecule has 2 aromatic rings. The Morgan fingerprint density at radius 3 is 2.26 bits per heavy atom. The number of ether oxygens (including phenoxy) is 1. The second kappa shape index (κ2) is 7.37. The Hall–Kier alpha value is -1.51. The van der Waals surface area contributed by atoms with Crippen LogP contribution in [0.25, 0.3) is 0 Å². The van der Waals surface area contributed by atoms with Gasteiger partial charge in [0.2, 0.25) is 0 Å². The van der Waals surface area contributed by atoms with Crippen LogP contribution < -0.4 is 10.5 Å². The van der Waals surface area contributed by atoms with Crippen LogP contribution in [0, 0.1) is 0 Å². The second-order valence-corrected chi connectivity index (χ2v) is 7.41. The monoisotopic (exact) mass is 331 g/mol. The summed E-state index contributed by atoms with van der Waals surface area (Å²) < 4.78 is 5.58. The standard InChI is InChI=1S/C20H26ClNO/c1-20(2,3)16-7-10-19(23-4)18(12-16)15(13-22)11-14-5-8-17(21)9-6-14/h5-10,12,15H,11,13,22H2,1-4H3. The van der Waals surface area contributed by atoms with E-state index >= 15 is 0 Å². The molecular formula is C20H26ClNO. The van der Waals surface area contributed by atoms with Gasteiger partial charge >= 0.3 is 0 Å². The predicted octanol–water partition coefficient (Wildman–Crippen LogP) is 4.93. The third-order valence-electron chi connectivity index (χ3n) is 4.22. The van der Waals surface area contributed by atoms with Crippen LogP contribution in [-0.2, 0) is 11.8 Å². The maximum absolute atomic E-state index is 6.08. The number of benzene rings is 2. The lowest BCUT2D eigenvalue weighted by Gasteiger charge is -2.24. The van der Waals surface area contributed by atoms with Crippen molar-refractivity contribution in [3.05, 3.63) is 64.2 Å². The highest BCUT2D eigenvalue weighted by Crippen LogP contribution is 2.33. The summed E-state index contributed by atoms with van der Waals surface area (Å²) in [7, 11) is 1.71. The quantitative estimate of drug-likeness (QED) is 0.843. The maximum atomic E-state index is 6.08. The number of hydrogen-bond acceptors (Lipinski definition) is 2. The molecule has 2 rings (SSSR count). The van der Waals surface area contributed by atoms with Crippen LogP contribution in [-0.4, -0.2) is 13.7 Å². The van der Waals surface area contributed by atoms with Gasteiger partial charge in [-0.1, -0.05) is 56.6 Å². The average Bonchev–Trinajstić information content (AvgIpc) is 2.53. The Morgan fingerprint density at radius 2 is 1.74 bits per heavy atom. The molecule has 124 valence electrons. The molecule has 0 aliphatic carbocycles. The van der Waals surface area contributed by atoms with Gasteiger partial charge in [-0.05, 0) is 53.3 Å². The third kappa shape index (κ3) is 4.49. The van der Waals surface area contributed by atoms with Crippen molar-refractivity contribution in [2.75, 3.05) is 13.7 Å². The van der Waals surface area contributed by atoms with Crippen LogP contribution in [0.4, 0.5) is 0 Å². The molecule has 23 heavy (non-hydrogen) atoms. The number of rotatable bonds is 5. The number of hydrogen-bond donors (Lipinski definition) is 1. The summed E-state index contributed by atoms with van der Waals surface area (Å²) in [5, 5.41) is 0.755. The summed E-state index contributed by atoms with van der Waals surface area (Å²) >= 11 is 5.97. The first-order valence-corrected chi connectivity index (χ1v) is 8.36. The molecule has 3 heteroatoms. The van der Waals surface area contributed by atoms with E-state index < -0.39 is 0 Å². The molecule has 2 aromatic carbocycles. The van der Waals surface area contributed by atoms with Gasteiger partial charge in [-0.2, -0.15) is 0 Å². The molecule has 2 N–H and O–H groups in total. The zero-order valence-corrected chi connectivity index (χ0v) is 15.2. The normalized spacial score (nSPS) is 13.0. The smallest absolute Gasteiger partial charge is 0.122 e. The molecule has 0 aliphatic rings. The van der Waals surface area contributed by atoms with E-state index in [2.05, 4.69) is 51.1 Å². The van der Waals surface area contributed by atoms with Crippen molar-refractivity contribution in [2.24, 2.45) is 5.73 Å². The van der Waals surface area contributed by atoms with Crippen LogP contribution in [0.15, 0.2) is 42.5 Å². The first kappa shape index (κ1) is 17.8. The van der Waals surface area contributed by atoms with Crippen LogP contribution in [0.3, 0.4) is 0 Å². The zero-order chi connectivity index (χ0) is 17.0. The van der Waals surface area contributed by atoms with E-state index in [4.69, 9.17) is 22.1 Å². The van der Waals surface area contributed by atoms with Gasteiger partial charge in [0.25, 0.3) is 0 Å². The molecule has 0 saturated heterocycles. The van der Waals surface area contributed by atoms with Crippen molar-refractivity contribution in [1.29, 1.82) is 0 Å². The number of methoxy groups -OCH3 is 1. The van der Waals surface area contributed by atoms with Crippen molar-refractivity contribution in [3.8, 4) is 5.75 Å². The van der Waals surface area contributed by atoms with E-state index in [0.29, 0.717) is 6.54 Å². The van der Waals surface area contributed by atoms with Gasteiger partial charge < -0.3 is 10.5 Å². The first-order valence-electron chi connectivity index (χ1n) is 7.98. The molecule has 1 atom stereocenters. The van der Waals surface area contributed by atoms with Gasteiger partial charge in [0.1, 0.15) is 5.75 Å². The minimum atomic E-state index is 0.0977. The fourth-order valence-corrected chi connectivity index (χ4v) is 2.87. The molecule has 0 heterocycles. The zero-order valence-electron chi connectivity index (χ0n) is 14.4. The highest BCUT2D eigenvalue weighted by Gasteiger charge is 2.20. The van der Waals surface area contributed by atoms with Crippen molar-refractivity contribution >= 4 is 11.6 Å². The fraction of sp³-hybridized carbons (Fsp3) is 0.400. The van der Waals surface area contributed by atoms with Crippen molar-refractivity contribution in [3.63, 3.8) is 0 Å². The van der Waals surface area contributed by atoms with Gasteiger partial charge in [0, 0.05) is 10.9 Å². The topological polar surface area (TPSA) is 35.2 Å². The lowest BCUT2D eigenvalue weighted by molar-refractivity contribution is 0.404. The lowest BCUT2D eigenvalue weighted by atomic mass is 9.83. The fourth-order valence-electron chi connectivity index (χ4n) is 2.75. The summed E-state index contributed by atoms with van der Waals surface area (Å²) in [6, 6.07) is 14.4. The van der Waals surface area contributed by atoms with Gasteiger partial charge in [-0.3, -0.25) is 0 Å². The minimum absolute atomic E-state index is 0.0977. The summed E-state index contributed by atoms with van der Waals surface area (Å²) in [5.74, 6) is 1.12. The van der Waals surface area contributed by atoms with Crippen LogP contribution in [0.1, 0.15) is 43.4 Å². The SMILES string of the molecule is COc1ccc(C(C)(C)C)cc1C(CN)Cc1ccc(Cl)cc1. The molecule has 0 saturated carbocycles. The molecule has 0 aromatic heterocycles. The molecule has 2 nitrogen and oxygen atoms in total. The molecule has 0 aliphatic heterocycles. The largest absolute Gasteiger partial charge is 0.496 e. The van der Waals surface area contributed by atoms with E-state index in [1.807, 2.05) is 12.1 Å². The Kier molecular flexibility index (Phi) is 5.72. The van der Waals surface area contributed by atoms with Gasteiger partial charge in [-0.15, -0.1) is 0 Å². The molecule has 0 spiro atoms. The summed E-state index contributed by atoms with van der Waals surface area (Å²) in [6.45, 7) is 7.23. The van der Waals surface area contributed by atoms with Crippen LogP contribution in [0.5, 0.6) is 5.75 Å². The van der Waals surface area contributed by atoms with Crippen molar-refractivity contribution in [2.45, 2.75) is 38.5 Å². The first-order chi connectivity index (χ1) is 10.8. The van der Waals surface area contributed by atoms with E-state index in [0.717, 1.165) is 17.2 Å². The van der Waals surface area contributed by atoms with E-state index in [-0.39, 0.29) is 11.3 Å². The molecule has 0 radical (unpaired) electrons. The molecule has 0 fully saturated rings. The number of nitrogens with two attached hydrogens (primary N) is 1. The van der Waals surface area contributed by atoms with E-state index in [9.17, 15) is 0 Å². The predicted molar refractivity (Wildman–Crippen MR) is 98.6 cm³/mol. The van der Waals surface area contributed by atoms with Crippen LogP contribution in [0.2, 0.25) is 5.02 Å². The summed E-state index contributed by atoms with van der Waals surface area (Å²) in [5.41, 5.74) is 9.88.